The maximum absolute atomic E-state index is 13.5. The fourth-order valence-corrected chi connectivity index (χ4v) is 2.78. The number of nitrogens with one attached hydrogen (secondary N) is 1. The number of carbonyl (C=O) groups is 1. The van der Waals surface area contributed by atoms with Crippen LogP contribution >= 0.6 is 0 Å². The molecule has 1 atom stereocenters. The molecule has 1 saturated heterocycles. The molecular formula is C17H18F3N3O2. The number of benzene rings is 1. The van der Waals surface area contributed by atoms with Crippen LogP contribution in [0, 0.1) is 6.92 Å². The van der Waals surface area contributed by atoms with Crippen molar-refractivity contribution >= 4 is 5.91 Å². The average Bonchev–Trinajstić information content (AvgIpc) is 3.22. The zero-order valence-electron chi connectivity index (χ0n) is 13.6. The van der Waals surface area contributed by atoms with Gasteiger partial charge in [0.25, 0.3) is 5.91 Å². The van der Waals surface area contributed by atoms with E-state index in [1.807, 2.05) is 6.92 Å². The molecule has 8 heteroatoms. The van der Waals surface area contributed by atoms with Crippen molar-refractivity contribution in [1.29, 1.82) is 0 Å². The first-order valence-electron chi connectivity index (χ1n) is 7.98. The summed E-state index contributed by atoms with van der Waals surface area (Å²) in [5.74, 6) is -0.804. The zero-order chi connectivity index (χ0) is 18.0. The van der Waals surface area contributed by atoms with E-state index >= 15 is 0 Å². The third-order valence-electron chi connectivity index (χ3n) is 4.08. The quantitative estimate of drug-likeness (QED) is 0.919. The van der Waals surface area contributed by atoms with E-state index < -0.39 is 23.3 Å². The van der Waals surface area contributed by atoms with E-state index in [1.54, 1.807) is 12.1 Å². The van der Waals surface area contributed by atoms with Crippen molar-refractivity contribution in [2.75, 3.05) is 13.2 Å². The molecule has 1 fully saturated rings. The minimum atomic E-state index is -4.71. The van der Waals surface area contributed by atoms with Crippen molar-refractivity contribution in [3.05, 3.63) is 47.3 Å². The highest BCUT2D eigenvalue weighted by molar-refractivity contribution is 5.95. The van der Waals surface area contributed by atoms with Crippen LogP contribution in [0.15, 0.2) is 30.5 Å². The van der Waals surface area contributed by atoms with Gasteiger partial charge in [-0.15, -0.1) is 0 Å². The Kier molecular flexibility index (Phi) is 4.80. The SMILES string of the molecule is Cc1ccc(-n2ncc(C(=O)NCC3CCCO3)c2C(F)(F)F)cc1. The second kappa shape index (κ2) is 6.87. The van der Waals surface area contributed by atoms with Crippen molar-refractivity contribution in [3.63, 3.8) is 0 Å². The van der Waals surface area contributed by atoms with Gasteiger partial charge in [0.15, 0.2) is 5.69 Å². The van der Waals surface area contributed by atoms with Gasteiger partial charge in [0.2, 0.25) is 0 Å². The fraction of sp³-hybridized carbons (Fsp3) is 0.412. The monoisotopic (exact) mass is 353 g/mol. The Morgan fingerprint density at radius 2 is 2.08 bits per heavy atom. The van der Waals surface area contributed by atoms with Crippen LogP contribution in [-0.4, -0.2) is 34.9 Å². The van der Waals surface area contributed by atoms with Crippen LogP contribution in [0.3, 0.4) is 0 Å². The largest absolute Gasteiger partial charge is 0.434 e. The van der Waals surface area contributed by atoms with E-state index in [2.05, 4.69) is 10.4 Å². The molecular weight excluding hydrogens is 335 g/mol. The minimum Gasteiger partial charge on any atom is -0.376 e. The molecule has 1 unspecified atom stereocenters. The Balaban J connectivity index is 1.88. The second-order valence-electron chi connectivity index (χ2n) is 6.00. The van der Waals surface area contributed by atoms with Crippen molar-refractivity contribution in [1.82, 2.24) is 15.1 Å². The molecule has 2 aromatic rings. The van der Waals surface area contributed by atoms with Gasteiger partial charge in [-0.05, 0) is 31.9 Å². The maximum Gasteiger partial charge on any atom is 0.434 e. The first-order chi connectivity index (χ1) is 11.9. The molecule has 1 aromatic heterocycles. The van der Waals surface area contributed by atoms with Crippen LogP contribution in [0.4, 0.5) is 13.2 Å². The Morgan fingerprint density at radius 1 is 1.36 bits per heavy atom. The van der Waals surface area contributed by atoms with E-state index in [9.17, 15) is 18.0 Å². The number of rotatable bonds is 4. The Bertz CT molecular complexity index is 747. The van der Waals surface area contributed by atoms with Crippen molar-refractivity contribution < 1.29 is 22.7 Å². The smallest absolute Gasteiger partial charge is 0.376 e. The molecule has 0 bridgehead atoms. The lowest BCUT2D eigenvalue weighted by Crippen LogP contribution is -2.33. The molecule has 134 valence electrons. The van der Waals surface area contributed by atoms with E-state index in [0.29, 0.717) is 6.61 Å². The molecule has 1 aliphatic rings. The van der Waals surface area contributed by atoms with Gasteiger partial charge in [0.1, 0.15) is 0 Å². The number of halogens is 3. The van der Waals surface area contributed by atoms with Gasteiger partial charge in [-0.1, -0.05) is 17.7 Å². The van der Waals surface area contributed by atoms with E-state index in [4.69, 9.17) is 4.74 Å². The van der Waals surface area contributed by atoms with Gasteiger partial charge >= 0.3 is 6.18 Å². The summed E-state index contributed by atoms with van der Waals surface area (Å²) in [4.78, 5) is 12.2. The standard InChI is InChI=1S/C17H18F3N3O2/c1-11-4-6-12(7-5-11)23-15(17(18,19)20)14(10-22-23)16(24)21-9-13-3-2-8-25-13/h4-7,10,13H,2-3,8-9H2,1H3,(H,21,24). The molecule has 25 heavy (non-hydrogen) atoms. The average molecular weight is 353 g/mol. The summed E-state index contributed by atoms with van der Waals surface area (Å²) in [6.07, 6.45) is -2.23. The van der Waals surface area contributed by atoms with Crippen LogP contribution in [0.5, 0.6) is 0 Å². The van der Waals surface area contributed by atoms with Gasteiger partial charge in [0.05, 0.1) is 23.6 Å². The summed E-state index contributed by atoms with van der Waals surface area (Å²) in [6.45, 7) is 2.63. The van der Waals surface area contributed by atoms with Crippen molar-refractivity contribution in [3.8, 4) is 5.69 Å². The van der Waals surface area contributed by atoms with E-state index in [-0.39, 0.29) is 18.3 Å². The maximum atomic E-state index is 13.5. The predicted octanol–water partition coefficient (Wildman–Crippen LogP) is 3.11. The molecule has 1 aliphatic heterocycles. The highest BCUT2D eigenvalue weighted by Gasteiger charge is 2.40. The van der Waals surface area contributed by atoms with Crippen LogP contribution in [-0.2, 0) is 10.9 Å². The minimum absolute atomic E-state index is 0.148. The third kappa shape index (κ3) is 3.84. The predicted molar refractivity (Wildman–Crippen MR) is 84.6 cm³/mol. The second-order valence-corrected chi connectivity index (χ2v) is 6.00. The number of hydrogen-bond donors (Lipinski definition) is 1. The summed E-state index contributed by atoms with van der Waals surface area (Å²) >= 11 is 0. The van der Waals surface area contributed by atoms with Crippen LogP contribution in [0.1, 0.15) is 34.5 Å². The summed E-state index contributed by atoms with van der Waals surface area (Å²) in [5.41, 5.74) is -0.414. The normalized spacial score (nSPS) is 17.7. The first-order valence-corrected chi connectivity index (χ1v) is 7.98. The zero-order valence-corrected chi connectivity index (χ0v) is 13.6. The van der Waals surface area contributed by atoms with Crippen LogP contribution < -0.4 is 5.32 Å². The van der Waals surface area contributed by atoms with Crippen LogP contribution in [0.2, 0.25) is 0 Å². The molecule has 2 heterocycles. The molecule has 0 aliphatic carbocycles. The fourth-order valence-electron chi connectivity index (χ4n) is 2.78. The molecule has 1 N–H and O–H groups in total. The summed E-state index contributed by atoms with van der Waals surface area (Å²) in [6, 6.07) is 6.44. The number of amides is 1. The van der Waals surface area contributed by atoms with Crippen molar-refractivity contribution in [2.45, 2.75) is 32.0 Å². The lowest BCUT2D eigenvalue weighted by molar-refractivity contribution is -0.143. The number of aryl methyl sites for hydroxylation is 1. The third-order valence-corrected chi connectivity index (χ3v) is 4.08. The lowest BCUT2D eigenvalue weighted by atomic mass is 10.2. The molecule has 1 aromatic carbocycles. The van der Waals surface area contributed by atoms with E-state index in [1.165, 1.54) is 12.1 Å². The number of ether oxygens (including phenoxy) is 1. The molecule has 5 nitrogen and oxygen atoms in total. The molecule has 0 spiro atoms. The number of alkyl halides is 3. The van der Waals surface area contributed by atoms with Gasteiger partial charge in [-0.2, -0.15) is 18.3 Å². The topological polar surface area (TPSA) is 56.2 Å². The molecule has 0 saturated carbocycles. The molecule has 3 rings (SSSR count). The van der Waals surface area contributed by atoms with Gasteiger partial charge in [0, 0.05) is 13.2 Å². The molecule has 1 amide bonds. The number of aromatic nitrogens is 2. The van der Waals surface area contributed by atoms with E-state index in [0.717, 1.165) is 29.3 Å². The number of carbonyl (C=O) groups excluding carboxylic acids is 1. The summed E-state index contributed by atoms with van der Waals surface area (Å²) < 4.78 is 46.7. The number of hydrogen-bond acceptors (Lipinski definition) is 3. The Labute approximate surface area is 142 Å². The van der Waals surface area contributed by atoms with Crippen LogP contribution in [0.25, 0.3) is 5.69 Å². The van der Waals surface area contributed by atoms with Gasteiger partial charge < -0.3 is 10.1 Å². The Morgan fingerprint density at radius 3 is 2.68 bits per heavy atom. The first kappa shape index (κ1) is 17.5. The lowest BCUT2D eigenvalue weighted by Gasteiger charge is -2.14. The summed E-state index contributed by atoms with van der Waals surface area (Å²) in [5, 5.41) is 6.30. The van der Waals surface area contributed by atoms with Gasteiger partial charge in [-0.3, -0.25) is 4.79 Å². The Hall–Kier alpha value is -2.35. The summed E-state index contributed by atoms with van der Waals surface area (Å²) in [7, 11) is 0. The van der Waals surface area contributed by atoms with Crippen molar-refractivity contribution in [2.24, 2.45) is 0 Å². The van der Waals surface area contributed by atoms with Gasteiger partial charge in [-0.25, -0.2) is 4.68 Å². The number of nitrogens with zero attached hydrogens (tertiary/aromatic N) is 2. The molecule has 0 radical (unpaired) electrons. The highest BCUT2D eigenvalue weighted by Crippen LogP contribution is 2.33. The highest BCUT2D eigenvalue weighted by atomic mass is 19.4.